The third-order valence-corrected chi connectivity index (χ3v) is 3.65. The largest absolute Gasteiger partial charge is 0.360 e. The number of aromatic nitrogens is 1. The molecule has 1 aromatic heterocycles. The van der Waals surface area contributed by atoms with E-state index in [0.717, 1.165) is 18.8 Å². The fourth-order valence-corrected chi connectivity index (χ4v) is 2.00. The molecule has 0 aliphatic carbocycles. The van der Waals surface area contributed by atoms with Crippen molar-refractivity contribution in [1.82, 2.24) is 9.71 Å². The molecule has 90 valence electrons. The lowest BCUT2D eigenvalue weighted by Gasteiger charge is -2.16. The maximum Gasteiger partial charge on any atom is 0.241 e. The molecule has 6 heteroatoms. The van der Waals surface area contributed by atoms with Gasteiger partial charge in [-0.25, -0.2) is 18.1 Å². The smallest absolute Gasteiger partial charge is 0.241 e. The maximum absolute atomic E-state index is 11.4. The summed E-state index contributed by atoms with van der Waals surface area (Å²) in [6, 6.07) is 3.26. The minimum absolute atomic E-state index is 0.184. The van der Waals surface area contributed by atoms with Gasteiger partial charge in [-0.2, -0.15) is 0 Å². The number of rotatable bonds is 5. The van der Waals surface area contributed by atoms with Crippen LogP contribution < -0.4 is 9.62 Å². The predicted octanol–water partition coefficient (Wildman–Crippen LogP) is 0.836. The van der Waals surface area contributed by atoms with Crippen LogP contribution in [0.15, 0.2) is 23.2 Å². The second-order valence-corrected chi connectivity index (χ2v) is 5.37. The highest BCUT2D eigenvalue weighted by molar-refractivity contribution is 7.89. The Labute approximate surface area is 96.5 Å². The molecule has 16 heavy (non-hydrogen) atoms. The molecule has 0 unspecified atom stereocenters. The second-order valence-electron chi connectivity index (χ2n) is 3.48. The zero-order chi connectivity index (χ0) is 12.2. The molecule has 0 fully saturated rings. The monoisotopic (exact) mass is 243 g/mol. The Balaban J connectivity index is 2.91. The van der Waals surface area contributed by atoms with E-state index in [2.05, 4.69) is 16.6 Å². The highest BCUT2D eigenvalue weighted by Crippen LogP contribution is 2.13. The van der Waals surface area contributed by atoms with Crippen LogP contribution in [0.3, 0.4) is 0 Å². The molecule has 1 heterocycles. The minimum Gasteiger partial charge on any atom is -0.360 e. The van der Waals surface area contributed by atoms with Crippen molar-refractivity contribution in [3.05, 3.63) is 18.3 Å². The number of pyridine rings is 1. The van der Waals surface area contributed by atoms with E-state index in [1.54, 1.807) is 12.1 Å². The first-order valence-corrected chi connectivity index (χ1v) is 6.60. The Morgan fingerprint density at radius 2 is 2.12 bits per heavy atom. The van der Waals surface area contributed by atoms with Gasteiger partial charge >= 0.3 is 0 Å². The van der Waals surface area contributed by atoms with Gasteiger partial charge in [0.25, 0.3) is 0 Å². The van der Waals surface area contributed by atoms with Gasteiger partial charge in [0.05, 0.1) is 0 Å². The van der Waals surface area contributed by atoms with Gasteiger partial charge in [0.2, 0.25) is 10.0 Å². The molecule has 0 aliphatic rings. The summed E-state index contributed by atoms with van der Waals surface area (Å²) in [6.45, 7) is 2.97. The normalized spacial score (nSPS) is 11.4. The molecule has 1 rings (SSSR count). The van der Waals surface area contributed by atoms with Crippen LogP contribution in [0.25, 0.3) is 0 Å². The van der Waals surface area contributed by atoms with E-state index in [-0.39, 0.29) is 4.90 Å². The van der Waals surface area contributed by atoms with Crippen molar-refractivity contribution in [2.45, 2.75) is 18.2 Å². The third-order valence-electron chi connectivity index (χ3n) is 2.25. The van der Waals surface area contributed by atoms with Gasteiger partial charge < -0.3 is 4.90 Å². The summed E-state index contributed by atoms with van der Waals surface area (Å²) in [6.07, 6.45) is 2.39. The Morgan fingerprint density at radius 3 is 2.56 bits per heavy atom. The predicted molar refractivity (Wildman–Crippen MR) is 64.0 cm³/mol. The number of anilines is 1. The molecular weight excluding hydrogens is 226 g/mol. The van der Waals surface area contributed by atoms with Crippen molar-refractivity contribution in [3.63, 3.8) is 0 Å². The molecule has 5 nitrogen and oxygen atoms in total. The fourth-order valence-electron chi connectivity index (χ4n) is 1.33. The highest BCUT2D eigenvalue weighted by atomic mass is 32.2. The summed E-state index contributed by atoms with van der Waals surface area (Å²) < 4.78 is 25.1. The summed E-state index contributed by atoms with van der Waals surface area (Å²) in [5, 5.41) is 0. The summed E-state index contributed by atoms with van der Waals surface area (Å²) in [7, 11) is -0.0739. The SMILES string of the molecule is CCCN(C)c1ccc(S(=O)(=O)NC)cn1. The van der Waals surface area contributed by atoms with Crippen LogP contribution >= 0.6 is 0 Å². The first kappa shape index (κ1) is 12.9. The van der Waals surface area contributed by atoms with E-state index in [0.29, 0.717) is 0 Å². The van der Waals surface area contributed by atoms with Crippen molar-refractivity contribution in [2.75, 3.05) is 25.5 Å². The lowest BCUT2D eigenvalue weighted by Crippen LogP contribution is -2.21. The maximum atomic E-state index is 11.4. The Bertz CT molecular complexity index is 428. The Kier molecular flexibility index (Phi) is 4.26. The molecule has 0 spiro atoms. The van der Waals surface area contributed by atoms with Gasteiger partial charge in [-0.15, -0.1) is 0 Å². The van der Waals surface area contributed by atoms with E-state index in [1.807, 2.05) is 11.9 Å². The highest BCUT2D eigenvalue weighted by Gasteiger charge is 2.11. The van der Waals surface area contributed by atoms with Crippen molar-refractivity contribution >= 4 is 15.8 Å². The average Bonchev–Trinajstić information content (AvgIpc) is 2.29. The molecule has 0 atom stereocenters. The van der Waals surface area contributed by atoms with Crippen LogP contribution in [0.2, 0.25) is 0 Å². The van der Waals surface area contributed by atoms with Crippen molar-refractivity contribution in [2.24, 2.45) is 0 Å². The number of hydrogen-bond acceptors (Lipinski definition) is 4. The van der Waals surface area contributed by atoms with Crippen LogP contribution in [0.5, 0.6) is 0 Å². The van der Waals surface area contributed by atoms with Crippen molar-refractivity contribution in [3.8, 4) is 0 Å². The molecule has 0 bridgehead atoms. The Morgan fingerprint density at radius 1 is 1.44 bits per heavy atom. The summed E-state index contributed by atoms with van der Waals surface area (Å²) in [5.74, 6) is 0.775. The molecule has 0 aromatic carbocycles. The topological polar surface area (TPSA) is 62.3 Å². The summed E-state index contributed by atoms with van der Waals surface area (Å²) >= 11 is 0. The first-order valence-electron chi connectivity index (χ1n) is 5.12. The van der Waals surface area contributed by atoms with Crippen LogP contribution in [-0.2, 0) is 10.0 Å². The molecule has 1 aromatic rings. The molecule has 0 amide bonds. The van der Waals surface area contributed by atoms with Crippen LogP contribution in [0.1, 0.15) is 13.3 Å². The third kappa shape index (κ3) is 2.93. The van der Waals surface area contributed by atoms with Gasteiger partial charge in [-0.1, -0.05) is 6.92 Å². The average molecular weight is 243 g/mol. The van der Waals surface area contributed by atoms with Crippen molar-refractivity contribution in [1.29, 1.82) is 0 Å². The van der Waals surface area contributed by atoms with E-state index in [9.17, 15) is 8.42 Å². The molecule has 0 aliphatic heterocycles. The van der Waals surface area contributed by atoms with Crippen LogP contribution in [-0.4, -0.2) is 34.0 Å². The number of nitrogens with one attached hydrogen (secondary N) is 1. The van der Waals surface area contributed by atoms with Crippen molar-refractivity contribution < 1.29 is 8.42 Å². The molecular formula is C10H17N3O2S. The van der Waals surface area contributed by atoms with E-state index in [4.69, 9.17) is 0 Å². The minimum atomic E-state index is -3.38. The van der Waals surface area contributed by atoms with Gasteiger partial charge in [0.1, 0.15) is 10.7 Å². The molecule has 1 N–H and O–H groups in total. The summed E-state index contributed by atoms with van der Waals surface area (Å²) in [5.41, 5.74) is 0. The van der Waals surface area contributed by atoms with E-state index in [1.165, 1.54) is 13.2 Å². The van der Waals surface area contributed by atoms with Gasteiger partial charge in [0.15, 0.2) is 0 Å². The fraction of sp³-hybridized carbons (Fsp3) is 0.500. The van der Waals surface area contributed by atoms with Gasteiger partial charge in [-0.3, -0.25) is 0 Å². The zero-order valence-corrected chi connectivity index (χ0v) is 10.6. The molecule has 0 saturated heterocycles. The first-order chi connectivity index (χ1) is 7.51. The Hall–Kier alpha value is -1.14. The standard InChI is InChI=1S/C10H17N3O2S/c1-4-7-13(3)10-6-5-9(8-12-10)16(14,15)11-2/h5-6,8,11H,4,7H2,1-3H3. The number of sulfonamides is 1. The molecule has 0 radical (unpaired) electrons. The lowest BCUT2D eigenvalue weighted by molar-refractivity contribution is 0.588. The van der Waals surface area contributed by atoms with E-state index < -0.39 is 10.0 Å². The van der Waals surface area contributed by atoms with Crippen LogP contribution in [0.4, 0.5) is 5.82 Å². The van der Waals surface area contributed by atoms with Gasteiger partial charge in [0, 0.05) is 19.8 Å². The quantitative estimate of drug-likeness (QED) is 0.832. The zero-order valence-electron chi connectivity index (χ0n) is 9.77. The molecule has 0 saturated carbocycles. The van der Waals surface area contributed by atoms with Gasteiger partial charge in [-0.05, 0) is 25.6 Å². The second kappa shape index (κ2) is 5.27. The lowest BCUT2D eigenvalue weighted by atomic mass is 10.4. The summed E-state index contributed by atoms with van der Waals surface area (Å²) in [4.78, 5) is 6.28. The van der Waals surface area contributed by atoms with Crippen LogP contribution in [0, 0.1) is 0 Å². The number of nitrogens with zero attached hydrogens (tertiary/aromatic N) is 2. The van der Waals surface area contributed by atoms with E-state index >= 15 is 0 Å². The number of hydrogen-bond donors (Lipinski definition) is 1.